The van der Waals surface area contributed by atoms with E-state index < -0.39 is 5.97 Å². The molecule has 0 amide bonds. The van der Waals surface area contributed by atoms with Crippen molar-refractivity contribution in [1.29, 1.82) is 0 Å². The Bertz CT molecular complexity index is 1490. The first-order chi connectivity index (χ1) is 16.6. The number of carbonyl (C=O) groups is 1. The zero-order chi connectivity index (χ0) is 23.7. The van der Waals surface area contributed by atoms with Crippen molar-refractivity contribution in [2.45, 2.75) is 31.3 Å². The van der Waals surface area contributed by atoms with E-state index in [1.165, 1.54) is 11.8 Å². The predicted octanol–water partition coefficient (Wildman–Crippen LogP) is 3.66. The highest BCUT2D eigenvalue weighted by Crippen LogP contribution is 2.31. The third-order valence-corrected chi connectivity index (χ3v) is 6.54. The van der Waals surface area contributed by atoms with Crippen molar-refractivity contribution in [3.63, 3.8) is 0 Å². The van der Waals surface area contributed by atoms with E-state index in [1.54, 1.807) is 30.6 Å². The average Bonchev–Trinajstić information content (AvgIpc) is 3.43. The van der Waals surface area contributed by atoms with Crippen molar-refractivity contribution in [1.82, 2.24) is 29.3 Å². The topological polar surface area (TPSA) is 102 Å². The summed E-state index contributed by atoms with van der Waals surface area (Å²) in [6, 6.07) is 16.8. The van der Waals surface area contributed by atoms with Gasteiger partial charge in [-0.15, -0.1) is 10.2 Å². The second-order valence-corrected chi connectivity index (χ2v) is 8.66. The van der Waals surface area contributed by atoms with Crippen LogP contribution in [0.25, 0.3) is 28.1 Å². The van der Waals surface area contributed by atoms with Crippen LogP contribution < -0.4 is 5.11 Å². The summed E-state index contributed by atoms with van der Waals surface area (Å²) in [5.74, 6) is 0.881. The highest BCUT2D eigenvalue weighted by atomic mass is 32.2. The van der Waals surface area contributed by atoms with Crippen LogP contribution in [-0.2, 0) is 12.3 Å². The molecule has 0 atom stereocenters. The van der Waals surface area contributed by atoms with Crippen LogP contribution in [0.2, 0.25) is 0 Å². The fourth-order valence-corrected chi connectivity index (χ4v) is 4.87. The largest absolute Gasteiger partial charge is 0.545 e. The molecule has 0 N–H and O–H groups in total. The number of benzene rings is 2. The number of carboxylic acid groups (broad SMARTS) is 1. The molecule has 170 valence electrons. The number of hydrogen-bond donors (Lipinski definition) is 0. The minimum Gasteiger partial charge on any atom is -0.545 e. The number of rotatable bonds is 7. The molecule has 0 aliphatic heterocycles. The van der Waals surface area contributed by atoms with Crippen LogP contribution in [0.4, 0.5) is 0 Å². The van der Waals surface area contributed by atoms with E-state index in [1.807, 2.05) is 41.8 Å². The summed E-state index contributed by atoms with van der Waals surface area (Å²) in [6.45, 7) is 4.81. The van der Waals surface area contributed by atoms with E-state index in [2.05, 4.69) is 32.7 Å². The molecule has 9 heteroatoms. The number of hydrogen-bond acceptors (Lipinski definition) is 7. The minimum atomic E-state index is -1.21. The first-order valence-electron chi connectivity index (χ1n) is 10.8. The number of thioether (sulfide) groups is 1. The molecule has 0 spiro atoms. The zero-order valence-corrected chi connectivity index (χ0v) is 19.5. The third-order valence-electron chi connectivity index (χ3n) is 5.62. The Labute approximate surface area is 200 Å². The number of pyridine rings is 1. The number of imidazole rings is 1. The van der Waals surface area contributed by atoms with Gasteiger partial charge in [-0.25, -0.2) is 4.98 Å². The Hall–Kier alpha value is -3.98. The lowest BCUT2D eigenvalue weighted by Gasteiger charge is -2.13. The van der Waals surface area contributed by atoms with E-state index in [0.29, 0.717) is 23.6 Å². The fourth-order valence-electron chi connectivity index (χ4n) is 3.98. The van der Waals surface area contributed by atoms with Gasteiger partial charge in [0, 0.05) is 24.5 Å². The average molecular weight is 470 g/mol. The van der Waals surface area contributed by atoms with Crippen LogP contribution in [0.1, 0.15) is 28.7 Å². The fraction of sp³-hybridized carbons (Fsp3) is 0.160. The van der Waals surface area contributed by atoms with Crippen LogP contribution >= 0.6 is 11.8 Å². The molecular formula is C25H21N6O2S-. The summed E-state index contributed by atoms with van der Waals surface area (Å²) in [5, 5.41) is 21.0. The molecule has 34 heavy (non-hydrogen) atoms. The lowest BCUT2D eigenvalue weighted by atomic mass is 10.2. The normalized spacial score (nSPS) is 11.2. The van der Waals surface area contributed by atoms with Crippen molar-refractivity contribution >= 4 is 28.8 Å². The van der Waals surface area contributed by atoms with Gasteiger partial charge in [0.05, 0.1) is 28.4 Å². The molecule has 8 nitrogen and oxygen atoms in total. The molecule has 0 aliphatic rings. The molecule has 0 bridgehead atoms. The van der Waals surface area contributed by atoms with E-state index in [9.17, 15) is 9.90 Å². The molecule has 0 saturated carbocycles. The van der Waals surface area contributed by atoms with Crippen molar-refractivity contribution in [2.75, 3.05) is 0 Å². The van der Waals surface area contributed by atoms with Gasteiger partial charge < -0.3 is 14.5 Å². The number of aromatic carboxylic acids is 1. The number of fused-ring (bicyclic) bond motifs is 1. The molecule has 0 fully saturated rings. The Balaban J connectivity index is 1.55. The number of nitrogens with zero attached hydrogens (tertiary/aromatic N) is 6. The minimum absolute atomic E-state index is 0.118. The van der Waals surface area contributed by atoms with Crippen LogP contribution in [0.15, 0.2) is 72.1 Å². The monoisotopic (exact) mass is 469 g/mol. The highest BCUT2D eigenvalue weighted by Gasteiger charge is 2.19. The number of aryl methyl sites for hydroxylation is 2. The van der Waals surface area contributed by atoms with Gasteiger partial charge in [0.1, 0.15) is 5.82 Å². The van der Waals surface area contributed by atoms with E-state index in [-0.39, 0.29) is 5.56 Å². The second-order valence-electron chi connectivity index (χ2n) is 7.72. The Morgan fingerprint density at radius 3 is 2.68 bits per heavy atom. The maximum Gasteiger partial charge on any atom is 0.196 e. The summed E-state index contributed by atoms with van der Waals surface area (Å²) in [5.41, 5.74) is 4.62. The molecule has 3 heterocycles. The summed E-state index contributed by atoms with van der Waals surface area (Å²) < 4.78 is 4.13. The highest BCUT2D eigenvalue weighted by molar-refractivity contribution is 7.98. The molecule has 0 radical (unpaired) electrons. The molecule has 2 aromatic carbocycles. The molecule has 0 unspecified atom stereocenters. The lowest BCUT2D eigenvalue weighted by molar-refractivity contribution is -0.255. The van der Waals surface area contributed by atoms with Crippen molar-refractivity contribution in [3.05, 3.63) is 83.9 Å². The summed E-state index contributed by atoms with van der Waals surface area (Å²) in [7, 11) is 0. The summed E-state index contributed by atoms with van der Waals surface area (Å²) in [6.07, 6.45) is 3.51. The van der Waals surface area contributed by atoms with E-state index >= 15 is 0 Å². The molecule has 3 aromatic heterocycles. The van der Waals surface area contributed by atoms with Gasteiger partial charge in [-0.3, -0.25) is 9.55 Å². The summed E-state index contributed by atoms with van der Waals surface area (Å²) >= 11 is 1.53. The number of para-hydroxylation sites is 1. The zero-order valence-electron chi connectivity index (χ0n) is 18.7. The van der Waals surface area contributed by atoms with Crippen LogP contribution in [0, 0.1) is 6.92 Å². The van der Waals surface area contributed by atoms with Crippen molar-refractivity contribution < 1.29 is 9.90 Å². The Kier molecular flexibility index (Phi) is 5.85. The second kappa shape index (κ2) is 9.11. The Morgan fingerprint density at radius 1 is 1.09 bits per heavy atom. The SMILES string of the molecule is CCn1c(CSc2nnc(-c3cccnc3)n2-c2ccccc2C)nc2cc(C(=O)[O-])ccc21. The van der Waals surface area contributed by atoms with Crippen LogP contribution in [0.5, 0.6) is 0 Å². The molecular weight excluding hydrogens is 448 g/mol. The summed E-state index contributed by atoms with van der Waals surface area (Å²) in [4.78, 5) is 20.2. The molecule has 5 rings (SSSR count). The number of aromatic nitrogens is 6. The van der Waals surface area contributed by atoms with Gasteiger partial charge in [-0.1, -0.05) is 36.0 Å². The Morgan fingerprint density at radius 2 is 1.94 bits per heavy atom. The van der Waals surface area contributed by atoms with Gasteiger partial charge in [-0.2, -0.15) is 0 Å². The molecule has 0 saturated heterocycles. The van der Waals surface area contributed by atoms with E-state index in [4.69, 9.17) is 4.98 Å². The van der Waals surface area contributed by atoms with E-state index in [0.717, 1.165) is 33.3 Å². The third kappa shape index (κ3) is 3.94. The van der Waals surface area contributed by atoms with Gasteiger partial charge in [-0.05, 0) is 55.3 Å². The first-order valence-corrected chi connectivity index (χ1v) is 11.8. The standard InChI is InChI=1S/C25H22N6O2S/c1-3-30-21-11-10-17(24(32)33)13-19(21)27-22(30)15-34-25-29-28-23(18-8-6-12-26-14-18)31(25)20-9-5-4-7-16(20)2/h4-14H,3,15H2,1-2H3,(H,32,33)/p-1. The quantitative estimate of drug-likeness (QED) is 0.335. The smallest absolute Gasteiger partial charge is 0.196 e. The van der Waals surface area contributed by atoms with Gasteiger partial charge >= 0.3 is 0 Å². The van der Waals surface area contributed by atoms with Gasteiger partial charge in [0.25, 0.3) is 0 Å². The van der Waals surface area contributed by atoms with Crippen LogP contribution in [-0.4, -0.2) is 35.3 Å². The lowest BCUT2D eigenvalue weighted by Crippen LogP contribution is -2.21. The maximum atomic E-state index is 11.3. The van der Waals surface area contributed by atoms with Crippen LogP contribution in [0.3, 0.4) is 0 Å². The molecule has 0 aliphatic carbocycles. The number of carbonyl (C=O) groups excluding carboxylic acids is 1. The predicted molar refractivity (Wildman–Crippen MR) is 129 cm³/mol. The van der Waals surface area contributed by atoms with Crippen molar-refractivity contribution in [2.24, 2.45) is 0 Å². The number of carboxylic acids is 1. The van der Waals surface area contributed by atoms with Crippen molar-refractivity contribution in [3.8, 4) is 17.1 Å². The maximum absolute atomic E-state index is 11.3. The molecule has 5 aromatic rings. The first kappa shape index (κ1) is 21.8. The van der Waals surface area contributed by atoms with Gasteiger partial charge in [0.15, 0.2) is 11.0 Å². The van der Waals surface area contributed by atoms with Gasteiger partial charge in [0.2, 0.25) is 0 Å².